The maximum atomic E-state index is 13.1. The Balaban J connectivity index is 1.38. The lowest BCUT2D eigenvalue weighted by Gasteiger charge is -2.12. The van der Waals surface area contributed by atoms with Crippen LogP contribution >= 0.6 is 0 Å². The SMILES string of the molecule is COc1ccc(/C=N\NC(=O)c2cnn(CC(O)c3ccccc3)c2N)cc1OCc1ccc(F)cc1. The number of aliphatic hydroxyl groups excluding tert-OH is 1. The molecule has 1 atom stereocenters. The molecule has 0 aliphatic carbocycles. The van der Waals surface area contributed by atoms with Crippen LogP contribution in [0, 0.1) is 5.82 Å². The zero-order valence-electron chi connectivity index (χ0n) is 20.0. The molecule has 3 aromatic carbocycles. The van der Waals surface area contributed by atoms with Gasteiger partial charge in [0.2, 0.25) is 0 Å². The number of hydrogen-bond acceptors (Lipinski definition) is 7. The molecular weight excluding hydrogens is 477 g/mol. The first-order valence-electron chi connectivity index (χ1n) is 11.4. The van der Waals surface area contributed by atoms with E-state index in [4.69, 9.17) is 15.2 Å². The molecular formula is C27H26FN5O4. The third-order valence-corrected chi connectivity index (χ3v) is 5.53. The number of nitrogen functional groups attached to an aromatic ring is 1. The summed E-state index contributed by atoms with van der Waals surface area (Å²) in [4.78, 5) is 12.6. The van der Waals surface area contributed by atoms with Gasteiger partial charge < -0.3 is 20.3 Å². The molecule has 10 heteroatoms. The molecule has 0 saturated heterocycles. The van der Waals surface area contributed by atoms with Crippen molar-refractivity contribution < 1.29 is 23.8 Å². The van der Waals surface area contributed by atoms with Gasteiger partial charge in [0.25, 0.3) is 5.91 Å². The lowest BCUT2D eigenvalue weighted by molar-refractivity contribution is 0.0955. The lowest BCUT2D eigenvalue weighted by atomic mass is 10.1. The summed E-state index contributed by atoms with van der Waals surface area (Å²) in [6, 6.07) is 20.3. The van der Waals surface area contributed by atoms with Gasteiger partial charge in [-0.25, -0.2) is 14.5 Å². The van der Waals surface area contributed by atoms with Gasteiger partial charge in [0.15, 0.2) is 11.5 Å². The zero-order chi connectivity index (χ0) is 26.2. The van der Waals surface area contributed by atoms with Crippen molar-refractivity contribution in [3.63, 3.8) is 0 Å². The predicted octanol–water partition coefficient (Wildman–Crippen LogP) is 3.69. The van der Waals surface area contributed by atoms with Crippen molar-refractivity contribution in [2.24, 2.45) is 5.10 Å². The molecule has 1 aromatic heterocycles. The number of benzene rings is 3. The number of rotatable bonds is 10. The van der Waals surface area contributed by atoms with E-state index in [1.807, 2.05) is 18.2 Å². The number of nitrogens with zero attached hydrogens (tertiary/aromatic N) is 3. The Bertz CT molecular complexity index is 1370. The molecule has 1 heterocycles. The fourth-order valence-corrected chi connectivity index (χ4v) is 3.51. The lowest BCUT2D eigenvalue weighted by Crippen LogP contribution is -2.19. The molecule has 0 aliphatic rings. The number of hydrazone groups is 1. The van der Waals surface area contributed by atoms with E-state index in [2.05, 4.69) is 15.6 Å². The number of ether oxygens (including phenoxy) is 2. The van der Waals surface area contributed by atoms with Crippen LogP contribution in [0.15, 0.2) is 84.1 Å². The number of aromatic nitrogens is 2. The highest BCUT2D eigenvalue weighted by Gasteiger charge is 2.17. The average Bonchev–Trinajstić information content (AvgIpc) is 3.28. The van der Waals surface area contributed by atoms with Crippen LogP contribution in [0.1, 0.15) is 33.2 Å². The van der Waals surface area contributed by atoms with Crippen LogP contribution in [0.5, 0.6) is 11.5 Å². The topological polar surface area (TPSA) is 124 Å². The summed E-state index contributed by atoms with van der Waals surface area (Å²) in [6.45, 7) is 0.315. The highest BCUT2D eigenvalue weighted by Crippen LogP contribution is 2.28. The van der Waals surface area contributed by atoms with Crippen LogP contribution in [-0.2, 0) is 13.2 Å². The number of hydrogen-bond donors (Lipinski definition) is 3. The molecule has 0 bridgehead atoms. The molecule has 0 aliphatic heterocycles. The minimum absolute atomic E-state index is 0.0962. The second-order valence-corrected chi connectivity index (χ2v) is 8.08. The molecule has 0 radical (unpaired) electrons. The number of nitrogens with two attached hydrogens (primary N) is 1. The fraction of sp³-hybridized carbons (Fsp3) is 0.148. The summed E-state index contributed by atoms with van der Waals surface area (Å²) in [5.41, 5.74) is 10.8. The Morgan fingerprint density at radius 1 is 1.16 bits per heavy atom. The number of carbonyl (C=O) groups excluding carboxylic acids is 1. The summed E-state index contributed by atoms with van der Waals surface area (Å²) in [5.74, 6) is 0.227. The Kier molecular flexibility index (Phi) is 8.11. The van der Waals surface area contributed by atoms with E-state index in [1.54, 1.807) is 42.5 Å². The van der Waals surface area contributed by atoms with E-state index in [9.17, 15) is 14.3 Å². The molecule has 0 spiro atoms. The van der Waals surface area contributed by atoms with Crippen LogP contribution in [0.25, 0.3) is 0 Å². The molecule has 37 heavy (non-hydrogen) atoms. The van der Waals surface area contributed by atoms with Crippen molar-refractivity contribution in [3.8, 4) is 11.5 Å². The molecule has 4 rings (SSSR count). The Morgan fingerprint density at radius 3 is 2.65 bits per heavy atom. The van der Waals surface area contributed by atoms with Gasteiger partial charge in [0.1, 0.15) is 23.8 Å². The summed E-state index contributed by atoms with van der Waals surface area (Å²) in [6.07, 6.45) is 1.95. The van der Waals surface area contributed by atoms with E-state index < -0.39 is 12.0 Å². The summed E-state index contributed by atoms with van der Waals surface area (Å²) in [5, 5.41) is 18.5. The molecule has 1 unspecified atom stereocenters. The first-order valence-corrected chi connectivity index (χ1v) is 11.4. The molecule has 4 N–H and O–H groups in total. The van der Waals surface area contributed by atoms with Gasteiger partial charge >= 0.3 is 0 Å². The first kappa shape index (κ1) is 25.4. The Morgan fingerprint density at radius 2 is 1.92 bits per heavy atom. The minimum atomic E-state index is -0.827. The molecule has 190 valence electrons. The first-order chi connectivity index (χ1) is 17.9. The van der Waals surface area contributed by atoms with Gasteiger partial charge in [0.05, 0.1) is 32.2 Å². The molecule has 1 amide bonds. The molecule has 4 aromatic rings. The van der Waals surface area contributed by atoms with Crippen LogP contribution in [0.4, 0.5) is 10.2 Å². The van der Waals surface area contributed by atoms with E-state index in [0.717, 1.165) is 5.56 Å². The van der Waals surface area contributed by atoms with Gasteiger partial charge in [-0.15, -0.1) is 0 Å². The summed E-state index contributed by atoms with van der Waals surface area (Å²) < 4.78 is 25.6. The predicted molar refractivity (Wildman–Crippen MR) is 137 cm³/mol. The average molecular weight is 504 g/mol. The number of nitrogens with one attached hydrogen (secondary N) is 1. The molecule has 0 fully saturated rings. The van der Waals surface area contributed by atoms with E-state index in [0.29, 0.717) is 22.6 Å². The van der Waals surface area contributed by atoms with E-state index in [1.165, 1.54) is 36.3 Å². The van der Waals surface area contributed by atoms with Crippen molar-refractivity contribution in [2.75, 3.05) is 12.8 Å². The van der Waals surface area contributed by atoms with Gasteiger partial charge in [-0.1, -0.05) is 42.5 Å². The van der Waals surface area contributed by atoms with Crippen LogP contribution in [0.3, 0.4) is 0 Å². The number of anilines is 1. The van der Waals surface area contributed by atoms with Crippen molar-refractivity contribution in [2.45, 2.75) is 19.3 Å². The van der Waals surface area contributed by atoms with Crippen LogP contribution in [-0.4, -0.2) is 34.1 Å². The standard InChI is InChI=1S/C27H26FN5O4/c1-36-24-12-9-19(13-25(24)37-17-18-7-10-21(28)11-8-18)14-30-32-27(35)22-15-31-33(26(22)29)16-23(34)20-5-3-2-4-6-20/h2-15,23,34H,16-17,29H2,1H3,(H,32,35)/b30-14-. The number of aliphatic hydroxyl groups is 1. The second-order valence-electron chi connectivity index (χ2n) is 8.08. The van der Waals surface area contributed by atoms with Crippen molar-refractivity contribution in [1.82, 2.24) is 15.2 Å². The largest absolute Gasteiger partial charge is 0.493 e. The van der Waals surface area contributed by atoms with Gasteiger partial charge in [-0.2, -0.15) is 10.2 Å². The van der Waals surface area contributed by atoms with Crippen molar-refractivity contribution in [1.29, 1.82) is 0 Å². The van der Waals surface area contributed by atoms with Crippen molar-refractivity contribution >= 4 is 17.9 Å². The number of amides is 1. The van der Waals surface area contributed by atoms with Crippen LogP contribution < -0.4 is 20.6 Å². The normalized spacial score (nSPS) is 11.9. The maximum absolute atomic E-state index is 13.1. The number of methoxy groups -OCH3 is 1. The summed E-state index contributed by atoms with van der Waals surface area (Å²) in [7, 11) is 1.53. The highest BCUT2D eigenvalue weighted by atomic mass is 19.1. The highest BCUT2D eigenvalue weighted by molar-refractivity contribution is 5.98. The summed E-state index contributed by atoms with van der Waals surface area (Å²) >= 11 is 0. The smallest absolute Gasteiger partial charge is 0.276 e. The molecule has 0 saturated carbocycles. The van der Waals surface area contributed by atoms with Crippen molar-refractivity contribution in [3.05, 3.63) is 107 Å². The third-order valence-electron chi connectivity index (χ3n) is 5.53. The molecule has 9 nitrogen and oxygen atoms in total. The Labute approximate surface area is 213 Å². The van der Waals surface area contributed by atoms with E-state index in [-0.39, 0.29) is 30.4 Å². The maximum Gasteiger partial charge on any atom is 0.276 e. The second kappa shape index (κ2) is 11.8. The quantitative estimate of drug-likeness (QED) is 0.224. The van der Waals surface area contributed by atoms with Crippen LogP contribution in [0.2, 0.25) is 0 Å². The Hall–Kier alpha value is -4.70. The fourth-order valence-electron chi connectivity index (χ4n) is 3.51. The van der Waals surface area contributed by atoms with Gasteiger partial charge in [-0.05, 0) is 47.0 Å². The zero-order valence-corrected chi connectivity index (χ0v) is 20.0. The van der Waals surface area contributed by atoms with Gasteiger partial charge in [-0.3, -0.25) is 4.79 Å². The third kappa shape index (κ3) is 6.50. The van der Waals surface area contributed by atoms with Gasteiger partial charge in [0, 0.05) is 0 Å². The number of halogens is 1. The number of carbonyl (C=O) groups is 1. The monoisotopic (exact) mass is 503 g/mol. The minimum Gasteiger partial charge on any atom is -0.493 e. The van der Waals surface area contributed by atoms with E-state index >= 15 is 0 Å².